The van der Waals surface area contributed by atoms with Gasteiger partial charge in [-0.1, -0.05) is 38.1 Å². The highest BCUT2D eigenvalue weighted by Crippen LogP contribution is 2.28. The highest BCUT2D eigenvalue weighted by Gasteiger charge is 2.13. The minimum atomic E-state index is -2.96. The maximum absolute atomic E-state index is 12.4. The van der Waals surface area contributed by atoms with Gasteiger partial charge in [0.25, 0.3) is 5.91 Å². The van der Waals surface area contributed by atoms with Crippen LogP contribution in [0.2, 0.25) is 0 Å². The summed E-state index contributed by atoms with van der Waals surface area (Å²) in [6.07, 6.45) is 0. The average molecular weight is 349 g/mol. The van der Waals surface area contributed by atoms with E-state index in [4.69, 9.17) is 4.74 Å². The number of para-hydroxylation sites is 2. The molecular formula is C19H21F2NO3. The molecule has 6 heteroatoms. The Morgan fingerprint density at radius 3 is 2.52 bits per heavy atom. The molecule has 4 nitrogen and oxygen atoms in total. The molecule has 0 aliphatic heterocycles. The lowest BCUT2D eigenvalue weighted by Gasteiger charge is -2.15. The van der Waals surface area contributed by atoms with Crippen LogP contribution in [-0.4, -0.2) is 19.1 Å². The molecule has 2 aromatic carbocycles. The van der Waals surface area contributed by atoms with Crippen molar-refractivity contribution in [1.82, 2.24) is 0 Å². The van der Waals surface area contributed by atoms with Crippen LogP contribution in [0, 0.1) is 6.92 Å². The van der Waals surface area contributed by atoms with E-state index < -0.39 is 12.5 Å². The highest BCUT2D eigenvalue weighted by atomic mass is 19.3. The van der Waals surface area contributed by atoms with E-state index in [-0.39, 0.29) is 24.0 Å². The predicted molar refractivity (Wildman–Crippen MR) is 92.5 cm³/mol. The van der Waals surface area contributed by atoms with Gasteiger partial charge in [0.15, 0.2) is 6.61 Å². The maximum Gasteiger partial charge on any atom is 0.387 e. The molecule has 2 rings (SSSR count). The van der Waals surface area contributed by atoms with E-state index >= 15 is 0 Å². The Morgan fingerprint density at radius 1 is 1.12 bits per heavy atom. The molecule has 0 atom stereocenters. The Labute approximate surface area is 145 Å². The summed E-state index contributed by atoms with van der Waals surface area (Å²) in [4.78, 5) is 12.1. The number of amides is 1. The summed E-state index contributed by atoms with van der Waals surface area (Å²) in [5, 5.41) is 2.53. The van der Waals surface area contributed by atoms with E-state index in [2.05, 4.69) is 10.1 Å². The molecule has 0 aliphatic carbocycles. The third kappa shape index (κ3) is 5.45. The largest absolute Gasteiger partial charge is 0.483 e. The van der Waals surface area contributed by atoms with Gasteiger partial charge in [0.1, 0.15) is 11.5 Å². The molecule has 0 unspecified atom stereocenters. The number of carbonyl (C=O) groups excluding carboxylic acids is 1. The fourth-order valence-corrected chi connectivity index (χ4v) is 2.34. The lowest BCUT2D eigenvalue weighted by molar-refractivity contribution is -0.118. The summed E-state index contributed by atoms with van der Waals surface area (Å²) in [6.45, 7) is 2.82. The van der Waals surface area contributed by atoms with Crippen LogP contribution < -0.4 is 14.8 Å². The van der Waals surface area contributed by atoms with Crippen LogP contribution in [0.4, 0.5) is 14.5 Å². The predicted octanol–water partition coefficient (Wildman–Crippen LogP) is 4.74. The number of rotatable bonds is 7. The molecule has 0 saturated carbocycles. The van der Waals surface area contributed by atoms with Crippen molar-refractivity contribution < 1.29 is 23.0 Å². The molecular weight excluding hydrogens is 328 g/mol. The second kappa shape index (κ2) is 8.46. The van der Waals surface area contributed by atoms with Crippen LogP contribution in [0.3, 0.4) is 0 Å². The first-order valence-corrected chi connectivity index (χ1v) is 7.94. The van der Waals surface area contributed by atoms with Crippen LogP contribution >= 0.6 is 0 Å². The molecule has 0 bridgehead atoms. The summed E-state index contributed by atoms with van der Waals surface area (Å²) >= 11 is 0. The number of anilines is 1. The van der Waals surface area contributed by atoms with E-state index in [0.717, 1.165) is 11.1 Å². The number of alkyl halides is 2. The number of nitrogens with one attached hydrogen (secondary N) is 1. The summed E-state index contributed by atoms with van der Waals surface area (Å²) in [5.41, 5.74) is 2.19. The third-order valence-corrected chi connectivity index (χ3v) is 3.53. The smallest absolute Gasteiger partial charge is 0.387 e. The number of halogens is 2. The van der Waals surface area contributed by atoms with Crippen molar-refractivity contribution in [3.8, 4) is 11.5 Å². The second-order valence-corrected chi connectivity index (χ2v) is 5.91. The lowest BCUT2D eigenvalue weighted by Crippen LogP contribution is -2.21. The van der Waals surface area contributed by atoms with Crippen molar-refractivity contribution in [3.63, 3.8) is 0 Å². The van der Waals surface area contributed by atoms with Gasteiger partial charge in [0.05, 0.1) is 5.69 Å². The van der Waals surface area contributed by atoms with Gasteiger partial charge in [-0.25, -0.2) is 0 Å². The van der Waals surface area contributed by atoms with Gasteiger partial charge in [0, 0.05) is 0 Å². The Bertz CT molecular complexity index is 732. The van der Waals surface area contributed by atoms with Gasteiger partial charge in [0.2, 0.25) is 0 Å². The number of hydrogen-bond donors (Lipinski definition) is 1. The zero-order valence-corrected chi connectivity index (χ0v) is 14.4. The molecule has 0 aromatic heterocycles. The van der Waals surface area contributed by atoms with Crippen molar-refractivity contribution in [3.05, 3.63) is 53.6 Å². The molecule has 2 aromatic rings. The van der Waals surface area contributed by atoms with Gasteiger partial charge in [-0.3, -0.25) is 4.79 Å². The molecule has 1 N–H and O–H groups in total. The lowest BCUT2D eigenvalue weighted by atomic mass is 10.0. The SMILES string of the molecule is Cc1ccc(C(C)C)c(OCC(=O)Nc2ccccc2OC(F)F)c1. The molecule has 1 amide bonds. The topological polar surface area (TPSA) is 47.6 Å². The van der Waals surface area contributed by atoms with Crippen LogP contribution in [0.15, 0.2) is 42.5 Å². The maximum atomic E-state index is 12.4. The number of hydrogen-bond acceptors (Lipinski definition) is 3. The van der Waals surface area contributed by atoms with Gasteiger partial charge in [-0.15, -0.1) is 0 Å². The molecule has 0 heterocycles. The first-order chi connectivity index (χ1) is 11.9. The first kappa shape index (κ1) is 18.7. The molecule has 0 fully saturated rings. The molecule has 134 valence electrons. The minimum absolute atomic E-state index is 0.0933. The molecule has 0 spiro atoms. The van der Waals surface area contributed by atoms with Crippen molar-refractivity contribution in [2.24, 2.45) is 0 Å². The minimum Gasteiger partial charge on any atom is -0.483 e. The number of aryl methyl sites for hydroxylation is 1. The Kier molecular flexibility index (Phi) is 6.33. The summed E-state index contributed by atoms with van der Waals surface area (Å²) in [7, 11) is 0. The van der Waals surface area contributed by atoms with Crippen molar-refractivity contribution >= 4 is 11.6 Å². The zero-order valence-electron chi connectivity index (χ0n) is 14.4. The van der Waals surface area contributed by atoms with Gasteiger partial charge in [-0.05, 0) is 42.2 Å². The molecule has 0 saturated heterocycles. The zero-order chi connectivity index (χ0) is 18.4. The van der Waals surface area contributed by atoms with Gasteiger partial charge >= 0.3 is 6.61 Å². The van der Waals surface area contributed by atoms with Crippen molar-refractivity contribution in [1.29, 1.82) is 0 Å². The average Bonchev–Trinajstić information content (AvgIpc) is 2.54. The van der Waals surface area contributed by atoms with Crippen LogP contribution in [0.25, 0.3) is 0 Å². The quantitative estimate of drug-likeness (QED) is 0.785. The standard InChI is InChI=1S/C19H21F2NO3/c1-12(2)14-9-8-13(3)10-17(14)24-11-18(23)22-15-6-4-5-7-16(15)25-19(20)21/h4-10,12,19H,11H2,1-3H3,(H,22,23). The van der Waals surface area contributed by atoms with Gasteiger partial charge < -0.3 is 14.8 Å². The number of ether oxygens (including phenoxy) is 2. The fraction of sp³-hybridized carbons (Fsp3) is 0.316. The van der Waals surface area contributed by atoms with Crippen molar-refractivity contribution in [2.45, 2.75) is 33.3 Å². The van der Waals surface area contributed by atoms with E-state index in [1.165, 1.54) is 12.1 Å². The summed E-state index contributed by atoms with van der Waals surface area (Å²) < 4.78 is 34.8. The second-order valence-electron chi connectivity index (χ2n) is 5.91. The van der Waals surface area contributed by atoms with Gasteiger partial charge in [-0.2, -0.15) is 8.78 Å². The monoisotopic (exact) mass is 349 g/mol. The van der Waals surface area contributed by atoms with Crippen LogP contribution in [0.1, 0.15) is 30.9 Å². The molecule has 0 radical (unpaired) electrons. The van der Waals surface area contributed by atoms with E-state index in [1.54, 1.807) is 12.1 Å². The number of carbonyl (C=O) groups is 1. The summed E-state index contributed by atoms with van der Waals surface area (Å²) in [6, 6.07) is 11.8. The Balaban J connectivity index is 2.04. The van der Waals surface area contributed by atoms with E-state index in [0.29, 0.717) is 5.75 Å². The van der Waals surface area contributed by atoms with Crippen molar-refractivity contribution in [2.75, 3.05) is 11.9 Å². The third-order valence-electron chi connectivity index (χ3n) is 3.53. The highest BCUT2D eigenvalue weighted by molar-refractivity contribution is 5.93. The fourth-order valence-electron chi connectivity index (χ4n) is 2.34. The van der Waals surface area contributed by atoms with Crippen LogP contribution in [-0.2, 0) is 4.79 Å². The van der Waals surface area contributed by atoms with Crippen LogP contribution in [0.5, 0.6) is 11.5 Å². The molecule has 25 heavy (non-hydrogen) atoms. The normalized spacial score (nSPS) is 10.8. The Morgan fingerprint density at radius 2 is 1.84 bits per heavy atom. The number of benzene rings is 2. The molecule has 0 aliphatic rings. The van der Waals surface area contributed by atoms with E-state index in [9.17, 15) is 13.6 Å². The first-order valence-electron chi connectivity index (χ1n) is 7.94. The Hall–Kier alpha value is -2.63. The van der Waals surface area contributed by atoms with E-state index in [1.807, 2.05) is 39.0 Å². The summed E-state index contributed by atoms with van der Waals surface area (Å²) in [5.74, 6) is 0.340.